The van der Waals surface area contributed by atoms with E-state index in [9.17, 15) is 14.7 Å². The Kier molecular flexibility index (Phi) is 7.16. The molecule has 4 aromatic rings. The molecule has 2 aromatic heterocycles. The van der Waals surface area contributed by atoms with Crippen LogP contribution in [0.1, 0.15) is 30.7 Å². The number of piperidine rings is 2. The molecule has 0 aliphatic carbocycles. The number of fused-ring (bicyclic) bond motifs is 1. The maximum atomic E-state index is 13.7. The molecule has 0 saturated carbocycles. The van der Waals surface area contributed by atoms with Crippen molar-refractivity contribution in [3.8, 4) is 11.4 Å². The molecule has 9 heteroatoms. The number of ether oxygens (including phenoxy) is 1. The standard InChI is InChI=1S/C31H35N5O4/c1-40-25-9-5-8-24(18-25)36-17-12-26-28(36)33-21-35(29(26)37)20-22-10-15-34(16-11-22)30(38)31(39)13-14-32-19-27(31)23-6-3-2-4-7-23/h2-9,12,17-18,21-22,27,32,39H,10-11,13-16,19-20H2,1H3/t27-,31+/m0/s1. The first-order valence-corrected chi connectivity index (χ1v) is 14.0. The van der Waals surface area contributed by atoms with Gasteiger partial charge in [-0.2, -0.15) is 0 Å². The molecule has 6 rings (SSSR count). The van der Waals surface area contributed by atoms with E-state index in [1.54, 1.807) is 18.0 Å². The summed E-state index contributed by atoms with van der Waals surface area (Å²) < 4.78 is 8.92. The quantitative estimate of drug-likeness (QED) is 0.389. The van der Waals surface area contributed by atoms with E-state index in [1.807, 2.05) is 76.3 Å². The minimum atomic E-state index is -1.42. The van der Waals surface area contributed by atoms with Gasteiger partial charge in [0.2, 0.25) is 0 Å². The maximum absolute atomic E-state index is 13.7. The predicted molar refractivity (Wildman–Crippen MR) is 153 cm³/mol. The van der Waals surface area contributed by atoms with Gasteiger partial charge >= 0.3 is 0 Å². The third kappa shape index (κ3) is 4.80. The molecule has 9 nitrogen and oxygen atoms in total. The summed E-state index contributed by atoms with van der Waals surface area (Å²) in [4.78, 5) is 33.4. The Balaban J connectivity index is 1.14. The molecule has 1 amide bonds. The third-order valence-corrected chi connectivity index (χ3v) is 8.54. The van der Waals surface area contributed by atoms with Crippen LogP contribution in [0.15, 0.2) is 78.0 Å². The van der Waals surface area contributed by atoms with Crippen LogP contribution in [0.4, 0.5) is 0 Å². The number of aliphatic hydroxyl groups is 1. The normalized spacial score (nSPS) is 21.9. The van der Waals surface area contributed by atoms with Crippen LogP contribution in [0.2, 0.25) is 0 Å². The number of hydrogen-bond acceptors (Lipinski definition) is 6. The van der Waals surface area contributed by atoms with Gasteiger partial charge in [0, 0.05) is 44.4 Å². The lowest BCUT2D eigenvalue weighted by Crippen LogP contribution is -2.59. The molecule has 0 spiro atoms. The average Bonchev–Trinajstić information content (AvgIpc) is 3.44. The molecule has 2 aliphatic rings. The van der Waals surface area contributed by atoms with Gasteiger partial charge < -0.3 is 24.6 Å². The Morgan fingerprint density at radius 2 is 1.93 bits per heavy atom. The number of rotatable bonds is 6. The molecular formula is C31H35N5O4. The molecule has 2 aromatic carbocycles. The Labute approximate surface area is 233 Å². The summed E-state index contributed by atoms with van der Waals surface area (Å²) in [7, 11) is 1.63. The zero-order valence-corrected chi connectivity index (χ0v) is 22.7. The molecule has 0 radical (unpaired) electrons. The van der Waals surface area contributed by atoms with E-state index in [4.69, 9.17) is 4.74 Å². The van der Waals surface area contributed by atoms with Crippen LogP contribution in [0.3, 0.4) is 0 Å². The van der Waals surface area contributed by atoms with E-state index < -0.39 is 5.60 Å². The number of nitrogens with zero attached hydrogens (tertiary/aromatic N) is 4. The second-order valence-electron chi connectivity index (χ2n) is 10.9. The Morgan fingerprint density at radius 1 is 1.12 bits per heavy atom. The van der Waals surface area contributed by atoms with Crippen LogP contribution in [-0.2, 0) is 11.3 Å². The van der Waals surface area contributed by atoms with Crippen molar-refractivity contribution in [3.63, 3.8) is 0 Å². The largest absolute Gasteiger partial charge is 0.497 e. The number of nitrogens with one attached hydrogen (secondary N) is 1. The van der Waals surface area contributed by atoms with Gasteiger partial charge in [-0.3, -0.25) is 14.2 Å². The van der Waals surface area contributed by atoms with E-state index in [0.29, 0.717) is 50.2 Å². The SMILES string of the molecule is COc1cccc(-n2ccc3c(=O)n(CC4CCN(C(=O)[C@@]5(O)CCNC[C@H]5c5ccccc5)CC4)cnc32)c1. The van der Waals surface area contributed by atoms with Gasteiger partial charge in [0.1, 0.15) is 5.75 Å². The number of amides is 1. The number of carbonyl (C=O) groups excluding carboxylic acids is 1. The van der Waals surface area contributed by atoms with Crippen LogP contribution >= 0.6 is 0 Å². The van der Waals surface area contributed by atoms with Gasteiger partial charge in [0.05, 0.1) is 24.5 Å². The molecule has 2 N–H and O–H groups in total. The third-order valence-electron chi connectivity index (χ3n) is 8.54. The van der Waals surface area contributed by atoms with E-state index in [-0.39, 0.29) is 23.3 Å². The summed E-state index contributed by atoms with van der Waals surface area (Å²) in [6.07, 6.45) is 5.41. The summed E-state index contributed by atoms with van der Waals surface area (Å²) in [6.45, 7) is 2.87. The Morgan fingerprint density at radius 3 is 2.70 bits per heavy atom. The maximum Gasteiger partial charge on any atom is 0.262 e. The highest BCUT2D eigenvalue weighted by atomic mass is 16.5. The van der Waals surface area contributed by atoms with Gasteiger partial charge in [0.25, 0.3) is 11.5 Å². The number of aromatic nitrogens is 3. The Hall–Kier alpha value is -3.95. The van der Waals surface area contributed by atoms with Gasteiger partial charge in [-0.25, -0.2) is 4.98 Å². The molecule has 2 saturated heterocycles. The zero-order chi connectivity index (χ0) is 27.7. The number of hydrogen-bond donors (Lipinski definition) is 2. The van der Waals surface area contributed by atoms with Gasteiger partial charge in [0.15, 0.2) is 11.2 Å². The second kappa shape index (κ2) is 10.9. The lowest BCUT2D eigenvalue weighted by atomic mass is 9.76. The number of methoxy groups -OCH3 is 1. The minimum absolute atomic E-state index is 0.0696. The van der Waals surface area contributed by atoms with Crippen LogP contribution in [0, 0.1) is 5.92 Å². The van der Waals surface area contributed by atoms with E-state index in [0.717, 1.165) is 29.8 Å². The molecule has 0 unspecified atom stereocenters. The van der Waals surface area contributed by atoms with Crippen molar-refractivity contribution in [2.24, 2.45) is 5.92 Å². The van der Waals surface area contributed by atoms with Crippen molar-refractivity contribution in [2.75, 3.05) is 33.3 Å². The van der Waals surface area contributed by atoms with E-state index in [1.165, 1.54) is 0 Å². The fourth-order valence-corrected chi connectivity index (χ4v) is 6.23. The molecule has 0 bridgehead atoms. The lowest BCUT2D eigenvalue weighted by Gasteiger charge is -2.43. The highest BCUT2D eigenvalue weighted by Crippen LogP contribution is 2.36. The monoisotopic (exact) mass is 541 g/mol. The lowest BCUT2D eigenvalue weighted by molar-refractivity contribution is -0.158. The summed E-state index contributed by atoms with van der Waals surface area (Å²) in [5.74, 6) is 0.517. The van der Waals surface area contributed by atoms with E-state index in [2.05, 4.69) is 10.3 Å². The topological polar surface area (TPSA) is 102 Å². The molecule has 40 heavy (non-hydrogen) atoms. The first kappa shape index (κ1) is 26.3. The molecule has 208 valence electrons. The van der Waals surface area contributed by atoms with Gasteiger partial charge in [-0.1, -0.05) is 36.4 Å². The van der Waals surface area contributed by atoms with Crippen molar-refractivity contribution in [2.45, 2.75) is 37.3 Å². The average molecular weight is 542 g/mol. The minimum Gasteiger partial charge on any atom is -0.497 e. The molecule has 2 atom stereocenters. The molecule has 2 aliphatic heterocycles. The van der Waals surface area contributed by atoms with Crippen molar-refractivity contribution in [1.82, 2.24) is 24.3 Å². The van der Waals surface area contributed by atoms with Crippen LogP contribution in [0.25, 0.3) is 16.7 Å². The number of carbonyl (C=O) groups is 1. The molecule has 4 heterocycles. The Bertz CT molecular complexity index is 1560. The van der Waals surface area contributed by atoms with Crippen molar-refractivity contribution in [3.05, 3.63) is 89.1 Å². The van der Waals surface area contributed by atoms with Gasteiger partial charge in [-0.15, -0.1) is 0 Å². The van der Waals surface area contributed by atoms with Crippen LogP contribution < -0.4 is 15.6 Å². The smallest absolute Gasteiger partial charge is 0.262 e. The predicted octanol–water partition coefficient (Wildman–Crippen LogP) is 2.94. The van der Waals surface area contributed by atoms with Crippen molar-refractivity contribution >= 4 is 16.9 Å². The highest BCUT2D eigenvalue weighted by Gasteiger charge is 2.48. The van der Waals surface area contributed by atoms with Crippen molar-refractivity contribution in [1.29, 1.82) is 0 Å². The zero-order valence-electron chi connectivity index (χ0n) is 22.7. The number of benzene rings is 2. The van der Waals surface area contributed by atoms with Crippen molar-refractivity contribution < 1.29 is 14.6 Å². The summed E-state index contributed by atoms with van der Waals surface area (Å²) >= 11 is 0. The first-order valence-electron chi connectivity index (χ1n) is 14.0. The fraction of sp³-hybridized carbons (Fsp3) is 0.387. The van der Waals surface area contributed by atoms with Crippen LogP contribution in [0.5, 0.6) is 5.75 Å². The molecule has 2 fully saturated rings. The second-order valence-corrected chi connectivity index (χ2v) is 10.9. The van der Waals surface area contributed by atoms with E-state index >= 15 is 0 Å². The van der Waals surface area contributed by atoms with Gasteiger partial charge in [-0.05, 0) is 55.5 Å². The fourth-order valence-electron chi connectivity index (χ4n) is 6.23. The van der Waals surface area contributed by atoms with Crippen LogP contribution in [-0.4, -0.2) is 68.9 Å². The number of likely N-dealkylation sites (tertiary alicyclic amines) is 1. The summed E-state index contributed by atoms with van der Waals surface area (Å²) in [5, 5.41) is 15.6. The first-order chi connectivity index (χ1) is 19.5. The highest BCUT2D eigenvalue weighted by molar-refractivity contribution is 5.86. The summed E-state index contributed by atoms with van der Waals surface area (Å²) in [6, 6.07) is 19.3. The molecular weight excluding hydrogens is 506 g/mol. The summed E-state index contributed by atoms with van der Waals surface area (Å²) in [5.41, 5.74) is 0.975.